The van der Waals surface area contributed by atoms with Crippen LogP contribution in [0.25, 0.3) is 0 Å². The summed E-state index contributed by atoms with van der Waals surface area (Å²) in [6.07, 6.45) is 0. The van der Waals surface area contributed by atoms with Crippen LogP contribution in [0.5, 0.6) is 0 Å². The molecule has 1 aliphatic heterocycles. The van der Waals surface area contributed by atoms with E-state index in [0.717, 1.165) is 18.1 Å². The molecule has 2 rings (SSSR count). The first-order chi connectivity index (χ1) is 6.31. The third-order valence-corrected chi connectivity index (χ3v) is 2.53. The summed E-state index contributed by atoms with van der Waals surface area (Å²) in [5, 5.41) is 3.98. The lowest BCUT2D eigenvalue weighted by atomic mass is 10.3. The summed E-state index contributed by atoms with van der Waals surface area (Å²) in [6.45, 7) is 2.19. The van der Waals surface area contributed by atoms with E-state index in [4.69, 9.17) is 11.6 Å². The molecule has 0 spiro atoms. The molecule has 1 aromatic rings. The smallest absolute Gasteiger partial charge is 0.0590 e. The fourth-order valence-electron chi connectivity index (χ4n) is 1.56. The fourth-order valence-corrected chi connectivity index (χ4v) is 1.75. The van der Waals surface area contributed by atoms with Crippen LogP contribution in [0.2, 0.25) is 5.02 Å². The molecule has 0 aromatic heterocycles. The second-order valence-corrected chi connectivity index (χ2v) is 3.78. The third kappa shape index (κ3) is 1.95. The van der Waals surface area contributed by atoms with Gasteiger partial charge in [0.15, 0.2) is 0 Å². The second-order valence-electron chi connectivity index (χ2n) is 3.34. The molecule has 0 aliphatic carbocycles. The maximum Gasteiger partial charge on any atom is 0.0590 e. The highest BCUT2D eigenvalue weighted by atomic mass is 35.5. The maximum atomic E-state index is 5.90. The van der Waals surface area contributed by atoms with Crippen LogP contribution in [0.15, 0.2) is 24.3 Å². The normalized spacial score (nSPS) is 20.5. The molecule has 1 fully saturated rings. The average molecular weight is 197 g/mol. The van der Waals surface area contributed by atoms with Crippen molar-refractivity contribution in [1.82, 2.24) is 5.32 Å². The number of benzene rings is 1. The van der Waals surface area contributed by atoms with Gasteiger partial charge in [-0.2, -0.15) is 0 Å². The number of halogens is 1. The standard InChI is InChI=1S/C10H13ClN2/c1-12-6-10-7-13(10)9-4-2-3-8(11)5-9/h2-5,10,12H,6-7H2,1H3. The topological polar surface area (TPSA) is 15.0 Å². The Balaban J connectivity index is 2.03. The maximum absolute atomic E-state index is 5.90. The van der Waals surface area contributed by atoms with Crippen LogP contribution < -0.4 is 10.2 Å². The quantitative estimate of drug-likeness (QED) is 0.741. The zero-order valence-electron chi connectivity index (χ0n) is 7.63. The molecule has 70 valence electrons. The van der Waals surface area contributed by atoms with E-state index in [9.17, 15) is 0 Å². The van der Waals surface area contributed by atoms with Crippen molar-refractivity contribution in [3.8, 4) is 0 Å². The van der Waals surface area contributed by atoms with Gasteiger partial charge in [0.05, 0.1) is 6.04 Å². The van der Waals surface area contributed by atoms with Gasteiger partial charge < -0.3 is 10.2 Å². The third-order valence-electron chi connectivity index (χ3n) is 2.29. The minimum absolute atomic E-state index is 0.656. The van der Waals surface area contributed by atoms with Gasteiger partial charge in [0.25, 0.3) is 0 Å². The molecule has 0 saturated carbocycles. The van der Waals surface area contributed by atoms with E-state index in [1.54, 1.807) is 0 Å². The van der Waals surface area contributed by atoms with Crippen molar-refractivity contribution in [3.63, 3.8) is 0 Å². The lowest BCUT2D eigenvalue weighted by molar-refractivity contribution is 0.791. The summed E-state index contributed by atoms with van der Waals surface area (Å²) in [6, 6.07) is 8.66. The number of hydrogen-bond acceptors (Lipinski definition) is 2. The Morgan fingerprint density at radius 3 is 3.15 bits per heavy atom. The molecule has 0 radical (unpaired) electrons. The van der Waals surface area contributed by atoms with Crippen molar-refractivity contribution in [3.05, 3.63) is 29.3 Å². The number of likely N-dealkylation sites (N-methyl/N-ethyl adjacent to an activating group) is 1. The van der Waals surface area contributed by atoms with E-state index in [2.05, 4.69) is 16.3 Å². The molecular formula is C10H13ClN2. The fraction of sp³-hybridized carbons (Fsp3) is 0.400. The van der Waals surface area contributed by atoms with Crippen molar-refractivity contribution in [2.75, 3.05) is 25.0 Å². The highest BCUT2D eigenvalue weighted by molar-refractivity contribution is 6.30. The molecule has 1 aliphatic rings. The van der Waals surface area contributed by atoms with Crippen molar-refractivity contribution < 1.29 is 0 Å². The van der Waals surface area contributed by atoms with Crippen LogP contribution in [0.3, 0.4) is 0 Å². The number of anilines is 1. The minimum Gasteiger partial charge on any atom is -0.363 e. The van der Waals surface area contributed by atoms with Gasteiger partial charge in [0.2, 0.25) is 0 Å². The summed E-state index contributed by atoms with van der Waals surface area (Å²) < 4.78 is 0. The molecule has 1 atom stereocenters. The van der Waals surface area contributed by atoms with Crippen LogP contribution in [0.1, 0.15) is 0 Å². The van der Waals surface area contributed by atoms with Gasteiger partial charge in [-0.25, -0.2) is 0 Å². The molecule has 3 heteroatoms. The van der Waals surface area contributed by atoms with Gasteiger partial charge in [-0.15, -0.1) is 0 Å². The van der Waals surface area contributed by atoms with Crippen molar-refractivity contribution >= 4 is 17.3 Å². The van der Waals surface area contributed by atoms with Crippen LogP contribution in [0, 0.1) is 0 Å². The molecule has 2 nitrogen and oxygen atoms in total. The highest BCUT2D eigenvalue weighted by Gasteiger charge is 2.32. The Kier molecular flexibility index (Phi) is 2.42. The van der Waals surface area contributed by atoms with E-state index < -0.39 is 0 Å². The van der Waals surface area contributed by atoms with Gasteiger partial charge in [-0.05, 0) is 25.2 Å². The van der Waals surface area contributed by atoms with E-state index >= 15 is 0 Å². The number of nitrogens with zero attached hydrogens (tertiary/aromatic N) is 1. The molecule has 1 unspecified atom stereocenters. The van der Waals surface area contributed by atoms with E-state index in [1.807, 2.05) is 25.2 Å². The van der Waals surface area contributed by atoms with Crippen LogP contribution in [-0.4, -0.2) is 26.2 Å². The number of nitrogens with one attached hydrogen (secondary N) is 1. The molecule has 1 aromatic carbocycles. The summed E-state index contributed by atoms with van der Waals surface area (Å²) in [5.74, 6) is 0. The Morgan fingerprint density at radius 1 is 1.62 bits per heavy atom. The Bertz CT molecular complexity index is 301. The van der Waals surface area contributed by atoms with E-state index in [1.165, 1.54) is 5.69 Å². The summed E-state index contributed by atoms with van der Waals surface area (Å²) in [4.78, 5) is 2.34. The summed E-state index contributed by atoms with van der Waals surface area (Å²) in [5.41, 5.74) is 1.23. The van der Waals surface area contributed by atoms with E-state index in [0.29, 0.717) is 6.04 Å². The van der Waals surface area contributed by atoms with Gasteiger partial charge in [0, 0.05) is 23.8 Å². The average Bonchev–Trinajstić information content (AvgIpc) is 2.85. The van der Waals surface area contributed by atoms with Gasteiger partial charge >= 0.3 is 0 Å². The largest absolute Gasteiger partial charge is 0.363 e. The number of rotatable bonds is 3. The lowest BCUT2D eigenvalue weighted by Crippen LogP contribution is -2.17. The molecule has 13 heavy (non-hydrogen) atoms. The summed E-state index contributed by atoms with van der Waals surface area (Å²) in [7, 11) is 1.98. The predicted octanol–water partition coefficient (Wildman–Crippen LogP) is 1.75. The first-order valence-corrected chi connectivity index (χ1v) is 4.86. The molecule has 1 N–H and O–H groups in total. The minimum atomic E-state index is 0.656. The van der Waals surface area contributed by atoms with Gasteiger partial charge in [-0.1, -0.05) is 17.7 Å². The monoisotopic (exact) mass is 196 g/mol. The number of hydrogen-bond donors (Lipinski definition) is 1. The Labute approximate surface area is 83.5 Å². The van der Waals surface area contributed by atoms with Crippen molar-refractivity contribution in [2.24, 2.45) is 0 Å². The first-order valence-electron chi connectivity index (χ1n) is 4.48. The van der Waals surface area contributed by atoms with Gasteiger partial charge in [0.1, 0.15) is 0 Å². The van der Waals surface area contributed by atoms with E-state index in [-0.39, 0.29) is 0 Å². The zero-order valence-corrected chi connectivity index (χ0v) is 8.38. The Morgan fingerprint density at radius 2 is 2.46 bits per heavy atom. The zero-order chi connectivity index (χ0) is 9.26. The van der Waals surface area contributed by atoms with Gasteiger partial charge in [-0.3, -0.25) is 0 Å². The van der Waals surface area contributed by atoms with Crippen molar-refractivity contribution in [2.45, 2.75) is 6.04 Å². The predicted molar refractivity (Wildman–Crippen MR) is 56.5 cm³/mol. The van der Waals surface area contributed by atoms with Crippen LogP contribution >= 0.6 is 11.6 Å². The highest BCUT2D eigenvalue weighted by Crippen LogP contribution is 2.28. The molecule has 1 heterocycles. The Hall–Kier alpha value is -0.730. The lowest BCUT2D eigenvalue weighted by Gasteiger charge is -2.05. The molecule has 0 bridgehead atoms. The summed E-state index contributed by atoms with van der Waals surface area (Å²) >= 11 is 5.90. The van der Waals surface area contributed by atoms with Crippen molar-refractivity contribution in [1.29, 1.82) is 0 Å². The molecular weight excluding hydrogens is 184 g/mol. The van der Waals surface area contributed by atoms with Crippen LogP contribution in [0.4, 0.5) is 5.69 Å². The molecule has 1 saturated heterocycles. The molecule has 0 amide bonds. The second kappa shape index (κ2) is 3.56. The SMILES string of the molecule is CNCC1CN1c1cccc(Cl)c1. The van der Waals surface area contributed by atoms with Crippen LogP contribution in [-0.2, 0) is 0 Å². The first kappa shape index (κ1) is 8.85.